The number of aromatic nitrogens is 4. The van der Waals surface area contributed by atoms with Crippen LogP contribution in [0, 0.1) is 18.8 Å². The zero-order valence-corrected chi connectivity index (χ0v) is 27.4. The lowest BCUT2D eigenvalue weighted by molar-refractivity contribution is 0.101. The van der Waals surface area contributed by atoms with E-state index in [9.17, 15) is 9.59 Å². The third kappa shape index (κ3) is 7.48. The Morgan fingerprint density at radius 2 is 1.77 bits per heavy atom. The number of fused-ring (bicyclic) bond motifs is 1. The molecule has 1 aliphatic heterocycles. The Morgan fingerprint density at radius 1 is 1.02 bits per heavy atom. The molecule has 0 spiro atoms. The Morgan fingerprint density at radius 3 is 2.41 bits per heavy atom. The van der Waals surface area contributed by atoms with Gasteiger partial charge in [-0.25, -0.2) is 9.97 Å². The van der Waals surface area contributed by atoms with Crippen LogP contribution in [0.5, 0.6) is 0 Å². The maximum absolute atomic E-state index is 13.5. The number of pyridine rings is 2. The number of aryl methyl sites for hydroxylation is 1. The molecule has 44 heavy (non-hydrogen) atoms. The van der Waals surface area contributed by atoms with Crippen LogP contribution in [-0.2, 0) is 0 Å². The molecule has 2 fully saturated rings. The van der Waals surface area contributed by atoms with Crippen molar-refractivity contribution in [3.05, 3.63) is 46.0 Å². The maximum atomic E-state index is 13.5. The van der Waals surface area contributed by atoms with Crippen molar-refractivity contribution in [1.29, 1.82) is 0 Å². The van der Waals surface area contributed by atoms with Crippen LogP contribution in [0.15, 0.2) is 29.3 Å². The van der Waals surface area contributed by atoms with E-state index >= 15 is 0 Å². The third-order valence-electron chi connectivity index (χ3n) is 9.61. The SMILES string of the molecule is CCCCC(CCC(C)C)CN1CCN(c2ccc(Nc3ncc4c(C)c(C(C)=O)c(=O)n(C5CCCC5)c4n3)nc2)CC1. The standard InChI is InChI=1S/C35H51N7O2/c1-6-7-10-27(14-13-24(2)3)23-40-17-19-41(20-18-40)29-15-16-31(36-21-29)38-35-37-22-30-25(4)32(26(5)43)34(44)42(33(30)39-35)28-11-8-9-12-28/h15-16,21-22,24,27-28H,6-14,17-20,23H2,1-5H3,(H,36,37,38,39). The summed E-state index contributed by atoms with van der Waals surface area (Å²) >= 11 is 0. The summed E-state index contributed by atoms with van der Waals surface area (Å²) in [7, 11) is 0. The molecule has 0 amide bonds. The zero-order chi connectivity index (χ0) is 31.2. The van der Waals surface area contributed by atoms with E-state index in [4.69, 9.17) is 4.98 Å². The largest absolute Gasteiger partial charge is 0.368 e. The van der Waals surface area contributed by atoms with Crippen LogP contribution >= 0.6 is 0 Å². The second kappa shape index (κ2) is 14.6. The first-order valence-corrected chi connectivity index (χ1v) is 16.9. The van der Waals surface area contributed by atoms with Crippen molar-refractivity contribution in [2.45, 2.75) is 98.4 Å². The highest BCUT2D eigenvalue weighted by molar-refractivity contribution is 5.99. The molecule has 0 aromatic carbocycles. The molecule has 3 aromatic heterocycles. The number of unbranched alkanes of at least 4 members (excludes halogenated alkanes) is 1. The quantitative estimate of drug-likeness (QED) is 0.211. The topological polar surface area (TPSA) is 96.2 Å². The number of nitrogens with zero attached hydrogens (tertiary/aromatic N) is 6. The van der Waals surface area contributed by atoms with Gasteiger partial charge in [-0.1, -0.05) is 52.9 Å². The number of rotatable bonds is 13. The van der Waals surface area contributed by atoms with Gasteiger partial charge in [-0.15, -0.1) is 0 Å². The van der Waals surface area contributed by atoms with E-state index in [2.05, 4.69) is 51.9 Å². The van der Waals surface area contributed by atoms with Crippen molar-refractivity contribution in [2.75, 3.05) is 42.9 Å². The van der Waals surface area contributed by atoms with Gasteiger partial charge in [0.2, 0.25) is 5.95 Å². The monoisotopic (exact) mass is 601 g/mol. The number of piperazine rings is 1. The minimum absolute atomic E-state index is 0.0478. The van der Waals surface area contributed by atoms with E-state index in [-0.39, 0.29) is 22.9 Å². The van der Waals surface area contributed by atoms with Gasteiger partial charge in [0.15, 0.2) is 5.78 Å². The lowest BCUT2D eigenvalue weighted by atomic mass is 9.92. The molecule has 1 N–H and O–H groups in total. The molecule has 1 saturated carbocycles. The summed E-state index contributed by atoms with van der Waals surface area (Å²) in [4.78, 5) is 45.0. The Balaban J connectivity index is 1.25. The van der Waals surface area contributed by atoms with Gasteiger partial charge in [0.25, 0.3) is 5.56 Å². The summed E-state index contributed by atoms with van der Waals surface area (Å²) in [6.07, 6.45) is 14.2. The van der Waals surface area contributed by atoms with Gasteiger partial charge < -0.3 is 10.2 Å². The van der Waals surface area contributed by atoms with Crippen molar-refractivity contribution in [3.8, 4) is 0 Å². The Kier molecular flexibility index (Phi) is 10.7. The third-order valence-corrected chi connectivity index (χ3v) is 9.61. The molecule has 3 aromatic rings. The van der Waals surface area contributed by atoms with Gasteiger partial charge in [-0.05, 0) is 69.1 Å². The Hall–Kier alpha value is -3.33. The summed E-state index contributed by atoms with van der Waals surface area (Å²) in [6, 6.07) is 4.12. The molecule has 0 radical (unpaired) electrons. The molecule has 9 heteroatoms. The maximum Gasteiger partial charge on any atom is 0.263 e. The number of anilines is 3. The van der Waals surface area contributed by atoms with Crippen LogP contribution in [0.2, 0.25) is 0 Å². The fourth-order valence-corrected chi connectivity index (χ4v) is 7.01. The Labute approximate surface area is 262 Å². The summed E-state index contributed by atoms with van der Waals surface area (Å²) in [5.74, 6) is 2.41. The molecule has 238 valence electrons. The summed E-state index contributed by atoms with van der Waals surface area (Å²) < 4.78 is 1.74. The average Bonchev–Trinajstić information content (AvgIpc) is 3.53. The van der Waals surface area contributed by atoms with E-state index in [0.29, 0.717) is 23.0 Å². The summed E-state index contributed by atoms with van der Waals surface area (Å²) in [5.41, 5.74) is 2.35. The number of Topliss-reactive ketones (excluding diaryl/α,β-unsaturated/α-hetero) is 1. The highest BCUT2D eigenvalue weighted by Gasteiger charge is 2.26. The smallest absolute Gasteiger partial charge is 0.263 e. The zero-order valence-electron chi connectivity index (χ0n) is 27.4. The first-order chi connectivity index (χ1) is 21.2. The van der Waals surface area contributed by atoms with Crippen molar-refractivity contribution in [2.24, 2.45) is 11.8 Å². The molecular weight excluding hydrogens is 550 g/mol. The fourth-order valence-electron chi connectivity index (χ4n) is 7.01. The molecule has 2 aliphatic rings. The Bertz CT molecular complexity index is 1470. The number of hydrogen-bond donors (Lipinski definition) is 1. The van der Waals surface area contributed by atoms with Crippen LogP contribution in [0.25, 0.3) is 11.0 Å². The minimum atomic E-state index is -0.242. The van der Waals surface area contributed by atoms with Crippen LogP contribution in [0.1, 0.15) is 107 Å². The van der Waals surface area contributed by atoms with Crippen LogP contribution in [-0.4, -0.2) is 62.9 Å². The van der Waals surface area contributed by atoms with Crippen LogP contribution in [0.4, 0.5) is 17.5 Å². The number of ketones is 1. The summed E-state index contributed by atoms with van der Waals surface area (Å²) in [5, 5.41) is 3.99. The predicted octanol–water partition coefficient (Wildman–Crippen LogP) is 6.92. The van der Waals surface area contributed by atoms with E-state index in [1.165, 1.54) is 45.6 Å². The van der Waals surface area contributed by atoms with Crippen LogP contribution < -0.4 is 15.8 Å². The lowest BCUT2D eigenvalue weighted by Gasteiger charge is -2.37. The van der Waals surface area contributed by atoms with Gasteiger partial charge in [-0.2, -0.15) is 4.98 Å². The van der Waals surface area contributed by atoms with Crippen molar-refractivity contribution in [3.63, 3.8) is 0 Å². The molecule has 1 unspecified atom stereocenters. The minimum Gasteiger partial charge on any atom is -0.368 e. The normalized spacial score (nSPS) is 17.1. The number of hydrogen-bond acceptors (Lipinski definition) is 8. The molecule has 1 saturated heterocycles. The van der Waals surface area contributed by atoms with Gasteiger partial charge in [-0.3, -0.25) is 19.1 Å². The molecule has 1 aliphatic carbocycles. The van der Waals surface area contributed by atoms with Crippen molar-refractivity contribution < 1.29 is 4.79 Å². The van der Waals surface area contributed by atoms with E-state index in [0.717, 1.165) is 74.8 Å². The first-order valence-electron chi connectivity index (χ1n) is 16.9. The molecule has 9 nitrogen and oxygen atoms in total. The molecule has 5 rings (SSSR count). The number of carbonyl (C=O) groups excluding carboxylic acids is 1. The number of nitrogens with one attached hydrogen (secondary N) is 1. The van der Waals surface area contributed by atoms with E-state index < -0.39 is 0 Å². The molecule has 4 heterocycles. The van der Waals surface area contributed by atoms with Gasteiger partial charge in [0, 0.05) is 50.3 Å². The molecular formula is C35H51N7O2. The lowest BCUT2D eigenvalue weighted by Crippen LogP contribution is -2.47. The first kappa shape index (κ1) is 32.1. The van der Waals surface area contributed by atoms with Crippen molar-refractivity contribution >= 4 is 34.3 Å². The number of carbonyl (C=O) groups is 1. The highest BCUT2D eigenvalue weighted by atomic mass is 16.1. The van der Waals surface area contributed by atoms with Gasteiger partial charge in [0.1, 0.15) is 11.5 Å². The van der Waals surface area contributed by atoms with Gasteiger partial charge >= 0.3 is 0 Å². The van der Waals surface area contributed by atoms with Crippen LogP contribution in [0.3, 0.4) is 0 Å². The highest BCUT2D eigenvalue weighted by Crippen LogP contribution is 2.32. The fraction of sp³-hybridized carbons (Fsp3) is 0.629. The average molecular weight is 602 g/mol. The van der Waals surface area contributed by atoms with Gasteiger partial charge in [0.05, 0.1) is 17.4 Å². The summed E-state index contributed by atoms with van der Waals surface area (Å²) in [6.45, 7) is 15.6. The molecule has 1 atom stereocenters. The molecule has 0 bridgehead atoms. The second-order valence-corrected chi connectivity index (χ2v) is 13.4. The second-order valence-electron chi connectivity index (χ2n) is 13.4. The van der Waals surface area contributed by atoms with E-state index in [1.54, 1.807) is 10.8 Å². The predicted molar refractivity (Wildman–Crippen MR) is 179 cm³/mol. The van der Waals surface area contributed by atoms with Crippen molar-refractivity contribution in [1.82, 2.24) is 24.4 Å². The van der Waals surface area contributed by atoms with E-state index in [1.807, 2.05) is 19.2 Å².